The summed E-state index contributed by atoms with van der Waals surface area (Å²) in [5, 5.41) is 1.77. The minimum absolute atomic E-state index is 0.0477. The average Bonchev–Trinajstić information content (AvgIpc) is 3.48. The van der Waals surface area contributed by atoms with Crippen LogP contribution in [0.3, 0.4) is 0 Å². The number of nitrogens with one attached hydrogen (secondary N) is 1. The Balaban J connectivity index is 1.39. The molecule has 2 aliphatic heterocycles. The van der Waals surface area contributed by atoms with Crippen LogP contribution in [-0.2, 0) is 31.8 Å². The van der Waals surface area contributed by atoms with Crippen LogP contribution in [0.5, 0.6) is 0 Å². The third-order valence-electron chi connectivity index (χ3n) is 7.80. The molecule has 3 heterocycles. The number of imide groups is 1. The number of carbonyl (C=O) groups is 4. The predicted octanol–water partition coefficient (Wildman–Crippen LogP) is 6.85. The SMILES string of the molecule is CCOC(=O)c1ccc(NC(=O)Cn2c3c(sc2=O)[C@@H](c2cccc(Cl)c2Cl)[C@@H]2C(=O)N(c4ccccc4C(F)(F)F)C(=O)[C@@H]2S3)cc1. The van der Waals surface area contributed by atoms with Gasteiger partial charge >= 0.3 is 17.0 Å². The molecule has 1 fully saturated rings. The highest BCUT2D eigenvalue weighted by atomic mass is 35.5. The normalized spacial score (nSPS) is 18.8. The number of hydrogen-bond acceptors (Lipinski definition) is 8. The number of esters is 1. The Hall–Kier alpha value is -4.11. The molecule has 3 amide bonds. The molecule has 0 bridgehead atoms. The number of amides is 3. The van der Waals surface area contributed by atoms with Crippen LogP contribution in [-0.4, -0.2) is 40.1 Å². The minimum atomic E-state index is -4.86. The Morgan fingerprint density at radius 3 is 2.35 bits per heavy atom. The fourth-order valence-corrected chi connectivity index (χ4v) is 8.93. The van der Waals surface area contributed by atoms with E-state index in [1.54, 1.807) is 19.1 Å². The van der Waals surface area contributed by atoms with Gasteiger partial charge in [0.05, 0.1) is 44.4 Å². The molecule has 2 aliphatic rings. The van der Waals surface area contributed by atoms with Gasteiger partial charge in [0.2, 0.25) is 17.7 Å². The molecule has 1 aromatic heterocycles. The number of halogens is 5. The van der Waals surface area contributed by atoms with Crippen molar-refractivity contribution < 1.29 is 37.1 Å². The number of aromatic nitrogens is 1. The zero-order valence-corrected chi connectivity index (χ0v) is 27.7. The standard InChI is InChI=1S/C32H22Cl2F3N3O6S2/c1-2-46-30(44)15-10-12-16(13-11-15)38-21(41)14-39-29-26(48-31(39)45)22(17-6-5-8-19(33)24(17)34)23-25(47-29)28(43)40(27(23)42)20-9-4-3-7-18(20)32(35,36)37/h3-13,22-23,25H,2,14H2,1H3,(H,38,41)/t22-,23-,25+/m0/s1. The van der Waals surface area contributed by atoms with E-state index in [4.69, 9.17) is 27.9 Å². The van der Waals surface area contributed by atoms with Crippen molar-refractivity contribution in [2.75, 3.05) is 16.8 Å². The molecule has 0 unspecified atom stereocenters. The molecule has 1 N–H and O–H groups in total. The van der Waals surface area contributed by atoms with Gasteiger partial charge in [-0.2, -0.15) is 13.2 Å². The van der Waals surface area contributed by atoms with E-state index >= 15 is 0 Å². The van der Waals surface area contributed by atoms with E-state index in [1.807, 2.05) is 0 Å². The lowest BCUT2D eigenvalue weighted by molar-refractivity contribution is -0.137. The number of anilines is 2. The van der Waals surface area contributed by atoms with Crippen molar-refractivity contribution in [3.63, 3.8) is 0 Å². The minimum Gasteiger partial charge on any atom is -0.462 e. The van der Waals surface area contributed by atoms with Crippen molar-refractivity contribution in [3.05, 3.63) is 108 Å². The van der Waals surface area contributed by atoms with Gasteiger partial charge in [-0.25, -0.2) is 9.69 Å². The Morgan fingerprint density at radius 2 is 1.67 bits per heavy atom. The summed E-state index contributed by atoms with van der Waals surface area (Å²) < 4.78 is 48.1. The van der Waals surface area contributed by atoms with Crippen molar-refractivity contribution >= 4 is 81.4 Å². The number of thiazole rings is 1. The van der Waals surface area contributed by atoms with Crippen LogP contribution in [0.15, 0.2) is 76.6 Å². The van der Waals surface area contributed by atoms with Gasteiger partial charge in [0.15, 0.2) is 0 Å². The quantitative estimate of drug-likeness (QED) is 0.163. The topological polar surface area (TPSA) is 115 Å². The Kier molecular flexibility index (Phi) is 9.20. The number of hydrogen-bond donors (Lipinski definition) is 1. The molecule has 3 aromatic carbocycles. The van der Waals surface area contributed by atoms with E-state index in [0.29, 0.717) is 21.0 Å². The summed E-state index contributed by atoms with van der Waals surface area (Å²) in [5.74, 6) is -5.23. The van der Waals surface area contributed by atoms with Crippen molar-refractivity contribution in [2.24, 2.45) is 5.92 Å². The summed E-state index contributed by atoms with van der Waals surface area (Å²) in [6, 6.07) is 14.8. The van der Waals surface area contributed by atoms with Crippen LogP contribution in [0.2, 0.25) is 10.0 Å². The molecule has 0 saturated carbocycles. The second kappa shape index (κ2) is 13.1. The van der Waals surface area contributed by atoms with Gasteiger partial charge in [0.25, 0.3) is 0 Å². The van der Waals surface area contributed by atoms with E-state index in [1.165, 1.54) is 36.4 Å². The number of thioether (sulfide) groups is 1. The van der Waals surface area contributed by atoms with Crippen molar-refractivity contribution in [2.45, 2.75) is 35.8 Å². The molecule has 0 radical (unpaired) electrons. The fourth-order valence-electron chi connectivity index (χ4n) is 5.75. The molecule has 48 heavy (non-hydrogen) atoms. The van der Waals surface area contributed by atoms with Crippen LogP contribution in [0.1, 0.15) is 39.2 Å². The lowest BCUT2D eigenvalue weighted by Gasteiger charge is -2.31. The zero-order chi connectivity index (χ0) is 34.5. The van der Waals surface area contributed by atoms with Gasteiger partial charge in [0.1, 0.15) is 11.8 Å². The number of ether oxygens (including phenoxy) is 1. The molecular weight excluding hydrogens is 714 g/mol. The van der Waals surface area contributed by atoms with Crippen LogP contribution in [0.4, 0.5) is 24.5 Å². The second-order valence-electron chi connectivity index (χ2n) is 10.7. The first-order chi connectivity index (χ1) is 22.8. The summed E-state index contributed by atoms with van der Waals surface area (Å²) in [6.45, 7) is 1.37. The molecule has 4 aromatic rings. The molecule has 6 rings (SSSR count). The van der Waals surface area contributed by atoms with E-state index in [2.05, 4.69) is 5.32 Å². The van der Waals surface area contributed by atoms with Crippen LogP contribution >= 0.6 is 46.3 Å². The molecule has 3 atom stereocenters. The van der Waals surface area contributed by atoms with Gasteiger partial charge < -0.3 is 10.1 Å². The first kappa shape index (κ1) is 33.8. The van der Waals surface area contributed by atoms with Gasteiger partial charge in [-0.15, -0.1) is 0 Å². The number of alkyl halides is 3. The predicted molar refractivity (Wildman–Crippen MR) is 175 cm³/mol. The highest BCUT2D eigenvalue weighted by Crippen LogP contribution is 2.56. The Morgan fingerprint density at radius 1 is 0.958 bits per heavy atom. The summed E-state index contributed by atoms with van der Waals surface area (Å²) in [6.07, 6.45) is -4.86. The van der Waals surface area contributed by atoms with Crippen molar-refractivity contribution in [1.29, 1.82) is 0 Å². The smallest absolute Gasteiger partial charge is 0.418 e. The van der Waals surface area contributed by atoms with E-state index in [9.17, 15) is 37.1 Å². The summed E-state index contributed by atoms with van der Waals surface area (Å²) in [7, 11) is 0. The Bertz CT molecular complexity index is 2030. The number of rotatable bonds is 7. The second-order valence-corrected chi connectivity index (χ2v) is 13.6. The molecule has 9 nitrogen and oxygen atoms in total. The van der Waals surface area contributed by atoms with Gasteiger partial charge in [0, 0.05) is 16.5 Å². The van der Waals surface area contributed by atoms with E-state index in [-0.39, 0.29) is 27.2 Å². The van der Waals surface area contributed by atoms with Crippen molar-refractivity contribution in [1.82, 2.24) is 4.57 Å². The van der Waals surface area contributed by atoms with Gasteiger partial charge in [-0.3, -0.25) is 23.7 Å². The number of carbonyl (C=O) groups excluding carboxylic acids is 4. The monoisotopic (exact) mass is 735 g/mol. The molecule has 0 spiro atoms. The molecule has 16 heteroatoms. The number of benzene rings is 3. The summed E-state index contributed by atoms with van der Waals surface area (Å²) in [5.41, 5.74) is -0.868. The third kappa shape index (κ3) is 6.02. The number of para-hydroxylation sites is 1. The Labute approximate surface area is 288 Å². The van der Waals surface area contributed by atoms with Crippen LogP contribution in [0.25, 0.3) is 0 Å². The van der Waals surface area contributed by atoms with Crippen LogP contribution in [0, 0.1) is 5.92 Å². The highest BCUT2D eigenvalue weighted by molar-refractivity contribution is 8.00. The van der Waals surface area contributed by atoms with E-state index < -0.39 is 69.6 Å². The van der Waals surface area contributed by atoms with E-state index in [0.717, 1.165) is 45.9 Å². The lowest BCUT2D eigenvalue weighted by atomic mass is 9.83. The number of fused-ring (bicyclic) bond motifs is 2. The third-order valence-corrected chi connectivity index (χ3v) is 11.2. The zero-order valence-electron chi connectivity index (χ0n) is 24.5. The van der Waals surface area contributed by atoms with Crippen LogP contribution < -0.4 is 15.1 Å². The van der Waals surface area contributed by atoms with Crippen molar-refractivity contribution in [3.8, 4) is 0 Å². The fraction of sp³-hybridized carbons (Fsp3) is 0.219. The number of nitrogens with zero attached hydrogens (tertiary/aromatic N) is 2. The first-order valence-corrected chi connectivity index (χ1v) is 16.7. The lowest BCUT2D eigenvalue weighted by Crippen LogP contribution is -2.33. The summed E-state index contributed by atoms with van der Waals surface area (Å²) in [4.78, 5) is 66.8. The maximum Gasteiger partial charge on any atom is 0.418 e. The molecule has 248 valence electrons. The highest BCUT2D eigenvalue weighted by Gasteiger charge is 2.58. The molecule has 0 aliphatic carbocycles. The molecular formula is C32H22Cl2F3N3O6S2. The maximum atomic E-state index is 14.1. The first-order valence-electron chi connectivity index (χ1n) is 14.3. The van der Waals surface area contributed by atoms with Gasteiger partial charge in [-0.1, -0.05) is 70.6 Å². The molecule has 1 saturated heterocycles. The largest absolute Gasteiger partial charge is 0.462 e. The average molecular weight is 737 g/mol. The van der Waals surface area contributed by atoms with Gasteiger partial charge in [-0.05, 0) is 55.0 Å². The summed E-state index contributed by atoms with van der Waals surface area (Å²) >= 11 is 14.5. The maximum absolute atomic E-state index is 14.1.